The second kappa shape index (κ2) is 6.31. The van der Waals surface area contributed by atoms with Crippen molar-refractivity contribution >= 4 is 40.8 Å². The molecule has 0 saturated carbocycles. The SMILES string of the molecule is NC(=S)N(/N=C/c1ccccc1Cl)c1ccccc1. The highest BCUT2D eigenvalue weighted by atomic mass is 35.5. The van der Waals surface area contributed by atoms with Gasteiger partial charge >= 0.3 is 0 Å². The first kappa shape index (κ1) is 13.5. The summed E-state index contributed by atoms with van der Waals surface area (Å²) in [5.41, 5.74) is 7.29. The van der Waals surface area contributed by atoms with Crippen LogP contribution in [0.2, 0.25) is 5.02 Å². The van der Waals surface area contributed by atoms with Crippen LogP contribution in [-0.2, 0) is 0 Å². The minimum Gasteiger partial charge on any atom is -0.374 e. The van der Waals surface area contributed by atoms with E-state index in [-0.39, 0.29) is 5.11 Å². The first-order valence-electron chi connectivity index (χ1n) is 5.61. The molecule has 2 aromatic carbocycles. The van der Waals surface area contributed by atoms with Crippen molar-refractivity contribution in [3.8, 4) is 0 Å². The number of benzene rings is 2. The van der Waals surface area contributed by atoms with Crippen molar-refractivity contribution in [2.45, 2.75) is 0 Å². The first-order chi connectivity index (χ1) is 9.18. The Morgan fingerprint density at radius 1 is 1.11 bits per heavy atom. The zero-order valence-electron chi connectivity index (χ0n) is 10.0. The van der Waals surface area contributed by atoms with Gasteiger partial charge in [-0.05, 0) is 30.4 Å². The van der Waals surface area contributed by atoms with Crippen LogP contribution in [0.4, 0.5) is 5.69 Å². The summed E-state index contributed by atoms with van der Waals surface area (Å²) in [5, 5.41) is 6.57. The summed E-state index contributed by atoms with van der Waals surface area (Å²) in [4.78, 5) is 0. The molecule has 0 saturated heterocycles. The van der Waals surface area contributed by atoms with Crippen LogP contribution in [0.15, 0.2) is 59.7 Å². The molecule has 0 unspecified atom stereocenters. The second-order valence-electron chi connectivity index (χ2n) is 3.75. The van der Waals surface area contributed by atoms with Crippen molar-refractivity contribution in [1.29, 1.82) is 0 Å². The molecular weight excluding hydrogens is 278 g/mol. The lowest BCUT2D eigenvalue weighted by atomic mass is 10.2. The van der Waals surface area contributed by atoms with Crippen molar-refractivity contribution in [3.05, 3.63) is 65.2 Å². The molecule has 3 nitrogen and oxygen atoms in total. The van der Waals surface area contributed by atoms with Crippen molar-refractivity contribution in [3.63, 3.8) is 0 Å². The van der Waals surface area contributed by atoms with Gasteiger partial charge in [0.1, 0.15) is 0 Å². The summed E-state index contributed by atoms with van der Waals surface area (Å²) in [6.07, 6.45) is 1.63. The fourth-order valence-electron chi connectivity index (χ4n) is 1.52. The van der Waals surface area contributed by atoms with Gasteiger partial charge in [0.15, 0.2) is 5.11 Å². The predicted molar refractivity (Wildman–Crippen MR) is 84.8 cm³/mol. The van der Waals surface area contributed by atoms with Gasteiger partial charge in [-0.2, -0.15) is 5.10 Å². The summed E-state index contributed by atoms with van der Waals surface area (Å²) < 4.78 is 0. The molecule has 0 amide bonds. The van der Waals surface area contributed by atoms with Crippen LogP contribution in [0.1, 0.15) is 5.56 Å². The van der Waals surface area contributed by atoms with E-state index in [0.29, 0.717) is 5.02 Å². The lowest BCUT2D eigenvalue weighted by Crippen LogP contribution is -2.30. The molecule has 0 aliphatic heterocycles. The molecule has 2 rings (SSSR count). The Labute approximate surface area is 122 Å². The molecule has 5 heteroatoms. The van der Waals surface area contributed by atoms with E-state index in [1.807, 2.05) is 48.5 Å². The number of nitrogens with two attached hydrogens (primary N) is 1. The highest BCUT2D eigenvalue weighted by molar-refractivity contribution is 7.80. The number of nitrogens with zero attached hydrogens (tertiary/aromatic N) is 2. The molecule has 0 atom stereocenters. The Morgan fingerprint density at radius 2 is 1.74 bits per heavy atom. The van der Waals surface area contributed by atoms with Crippen LogP contribution in [0.3, 0.4) is 0 Å². The standard InChI is InChI=1S/C14H12ClN3S/c15-13-9-5-4-6-11(13)10-17-18(14(16)19)12-7-2-1-3-8-12/h1-10H,(H2,16,19)/b17-10+. The molecule has 2 N–H and O–H groups in total. The van der Waals surface area contributed by atoms with Crippen molar-refractivity contribution in [1.82, 2.24) is 0 Å². The topological polar surface area (TPSA) is 41.6 Å². The Bertz CT molecular complexity index is 599. The molecule has 0 aliphatic carbocycles. The molecule has 2 aromatic rings. The van der Waals surface area contributed by atoms with Crippen LogP contribution in [0, 0.1) is 0 Å². The molecule has 19 heavy (non-hydrogen) atoms. The monoisotopic (exact) mass is 289 g/mol. The van der Waals surface area contributed by atoms with Gasteiger partial charge in [0.25, 0.3) is 0 Å². The quantitative estimate of drug-likeness (QED) is 0.535. The molecule has 0 aliphatic rings. The number of halogens is 1. The first-order valence-corrected chi connectivity index (χ1v) is 6.40. The molecule has 0 heterocycles. The van der Waals surface area contributed by atoms with Crippen molar-refractivity contribution < 1.29 is 0 Å². The maximum Gasteiger partial charge on any atom is 0.191 e. The lowest BCUT2D eigenvalue weighted by Gasteiger charge is -2.16. The van der Waals surface area contributed by atoms with E-state index in [1.54, 1.807) is 12.3 Å². The molecule has 0 aromatic heterocycles. The van der Waals surface area contributed by atoms with E-state index < -0.39 is 0 Å². The second-order valence-corrected chi connectivity index (χ2v) is 4.58. The van der Waals surface area contributed by atoms with E-state index >= 15 is 0 Å². The van der Waals surface area contributed by atoms with Gasteiger partial charge in [-0.3, -0.25) is 0 Å². The Morgan fingerprint density at radius 3 is 2.37 bits per heavy atom. The average Bonchev–Trinajstić information content (AvgIpc) is 2.42. The Balaban J connectivity index is 2.28. The number of thiocarbonyl (C=S) groups is 1. The van der Waals surface area contributed by atoms with Gasteiger partial charge in [-0.25, -0.2) is 5.01 Å². The van der Waals surface area contributed by atoms with Crippen LogP contribution in [0.5, 0.6) is 0 Å². The van der Waals surface area contributed by atoms with E-state index in [4.69, 9.17) is 29.6 Å². The number of hydrogen-bond donors (Lipinski definition) is 1. The largest absolute Gasteiger partial charge is 0.374 e. The van der Waals surface area contributed by atoms with Gasteiger partial charge < -0.3 is 5.73 Å². The van der Waals surface area contributed by atoms with Gasteiger partial charge in [-0.1, -0.05) is 48.0 Å². The van der Waals surface area contributed by atoms with Crippen LogP contribution >= 0.6 is 23.8 Å². The van der Waals surface area contributed by atoms with Gasteiger partial charge in [-0.15, -0.1) is 0 Å². The number of hydrazone groups is 1. The highest BCUT2D eigenvalue weighted by Gasteiger charge is 2.06. The third kappa shape index (κ3) is 3.53. The fraction of sp³-hybridized carbons (Fsp3) is 0. The van der Waals surface area contributed by atoms with Crippen LogP contribution < -0.4 is 10.7 Å². The minimum absolute atomic E-state index is 0.175. The summed E-state index contributed by atoms with van der Waals surface area (Å²) >= 11 is 11.1. The van der Waals surface area contributed by atoms with Crippen LogP contribution in [0.25, 0.3) is 0 Å². The maximum atomic E-state index is 6.06. The smallest absolute Gasteiger partial charge is 0.191 e. The number of hydrogen-bond acceptors (Lipinski definition) is 2. The van der Waals surface area contributed by atoms with E-state index in [1.165, 1.54) is 5.01 Å². The minimum atomic E-state index is 0.175. The van der Waals surface area contributed by atoms with E-state index in [2.05, 4.69) is 5.10 Å². The summed E-state index contributed by atoms with van der Waals surface area (Å²) in [7, 11) is 0. The summed E-state index contributed by atoms with van der Waals surface area (Å²) in [6.45, 7) is 0. The molecule has 96 valence electrons. The maximum absolute atomic E-state index is 6.06. The zero-order chi connectivity index (χ0) is 13.7. The Kier molecular flexibility index (Phi) is 4.49. The van der Waals surface area contributed by atoms with Gasteiger partial charge in [0.05, 0.1) is 11.9 Å². The summed E-state index contributed by atoms with van der Waals surface area (Å²) in [5.74, 6) is 0. The van der Waals surface area contributed by atoms with E-state index in [9.17, 15) is 0 Å². The fourth-order valence-corrected chi connectivity index (χ4v) is 1.86. The Hall–Kier alpha value is -1.91. The molecule has 0 spiro atoms. The predicted octanol–water partition coefficient (Wildman–Crippen LogP) is 3.42. The van der Waals surface area contributed by atoms with Crippen molar-refractivity contribution in [2.75, 3.05) is 5.01 Å². The third-order valence-corrected chi connectivity index (χ3v) is 2.94. The molecule has 0 bridgehead atoms. The van der Waals surface area contributed by atoms with Crippen molar-refractivity contribution in [2.24, 2.45) is 10.8 Å². The van der Waals surface area contributed by atoms with Gasteiger partial charge in [0.2, 0.25) is 0 Å². The molecular formula is C14H12ClN3S. The third-order valence-electron chi connectivity index (χ3n) is 2.43. The number of rotatable bonds is 3. The number of anilines is 1. The van der Waals surface area contributed by atoms with Crippen LogP contribution in [-0.4, -0.2) is 11.3 Å². The molecule has 0 radical (unpaired) electrons. The average molecular weight is 290 g/mol. The zero-order valence-corrected chi connectivity index (χ0v) is 11.6. The summed E-state index contributed by atoms with van der Waals surface area (Å²) in [6, 6.07) is 16.9. The number of para-hydroxylation sites is 1. The highest BCUT2D eigenvalue weighted by Crippen LogP contribution is 2.15. The lowest BCUT2D eigenvalue weighted by molar-refractivity contribution is 1.14. The van der Waals surface area contributed by atoms with E-state index in [0.717, 1.165) is 11.3 Å². The van der Waals surface area contributed by atoms with Gasteiger partial charge in [0, 0.05) is 10.6 Å². The normalized spacial score (nSPS) is 10.6. The molecule has 0 fully saturated rings.